The van der Waals surface area contributed by atoms with E-state index in [1.807, 2.05) is 0 Å². The van der Waals surface area contributed by atoms with E-state index in [4.69, 9.17) is 4.74 Å². The number of rotatable bonds is 6. The molecule has 2 nitrogen and oxygen atoms in total. The molecule has 0 atom stereocenters. The highest BCUT2D eigenvalue weighted by Gasteiger charge is 2.01. The van der Waals surface area contributed by atoms with Crippen molar-refractivity contribution in [2.75, 3.05) is 0 Å². The largest absolute Gasteiger partial charge is 0.489 e. The molecule has 2 rings (SSSR count). The monoisotopic (exact) mass is 283 g/mol. The molecule has 0 aliphatic heterocycles. The van der Waals surface area contributed by atoms with Crippen LogP contribution in [-0.2, 0) is 13.2 Å². The normalized spacial score (nSPS) is 10.9. The van der Waals surface area contributed by atoms with E-state index in [1.54, 1.807) is 0 Å². The predicted octanol–water partition coefficient (Wildman–Crippen LogP) is 4.38. The van der Waals surface area contributed by atoms with E-state index in [9.17, 15) is 0 Å². The summed E-state index contributed by atoms with van der Waals surface area (Å²) in [5.74, 6) is 0.943. The number of hydrogen-bond donors (Lipinski definition) is 1. The lowest BCUT2D eigenvalue weighted by atomic mass is 10.1. The predicted molar refractivity (Wildman–Crippen MR) is 88.7 cm³/mol. The van der Waals surface area contributed by atoms with Crippen LogP contribution in [0.3, 0.4) is 0 Å². The number of benzene rings is 2. The van der Waals surface area contributed by atoms with Crippen molar-refractivity contribution in [1.29, 1.82) is 0 Å². The van der Waals surface area contributed by atoms with Crippen molar-refractivity contribution in [1.82, 2.24) is 5.32 Å². The zero-order valence-corrected chi connectivity index (χ0v) is 13.4. The number of aryl methyl sites for hydroxylation is 2. The molecule has 0 aliphatic rings. The first-order valence-corrected chi connectivity index (χ1v) is 7.55. The minimum atomic E-state index is 0.500. The molecule has 0 aliphatic carbocycles. The van der Waals surface area contributed by atoms with Crippen molar-refractivity contribution in [3.8, 4) is 5.75 Å². The van der Waals surface area contributed by atoms with Gasteiger partial charge in [0, 0.05) is 12.6 Å². The number of ether oxygens (including phenoxy) is 1. The van der Waals surface area contributed by atoms with Crippen molar-refractivity contribution in [2.24, 2.45) is 0 Å². The maximum atomic E-state index is 5.91. The summed E-state index contributed by atoms with van der Waals surface area (Å²) in [6.45, 7) is 10.0. The standard InChI is InChI=1S/C19H25NO/c1-14(2)20-12-17-6-5-7-18(11-17)13-21-19-9-15(3)8-16(4)10-19/h5-11,14,20H,12-13H2,1-4H3. The van der Waals surface area contributed by atoms with Gasteiger partial charge in [0.2, 0.25) is 0 Å². The lowest BCUT2D eigenvalue weighted by Gasteiger charge is -2.11. The van der Waals surface area contributed by atoms with Gasteiger partial charge in [-0.3, -0.25) is 0 Å². The van der Waals surface area contributed by atoms with E-state index in [-0.39, 0.29) is 0 Å². The van der Waals surface area contributed by atoms with Gasteiger partial charge in [0.25, 0.3) is 0 Å². The van der Waals surface area contributed by atoms with Gasteiger partial charge < -0.3 is 10.1 Å². The van der Waals surface area contributed by atoms with Gasteiger partial charge in [-0.2, -0.15) is 0 Å². The Morgan fingerprint density at radius 3 is 2.29 bits per heavy atom. The molecular weight excluding hydrogens is 258 g/mol. The van der Waals surface area contributed by atoms with E-state index >= 15 is 0 Å². The number of nitrogens with one attached hydrogen (secondary N) is 1. The van der Waals surface area contributed by atoms with Crippen molar-refractivity contribution < 1.29 is 4.74 Å². The average Bonchev–Trinajstić information content (AvgIpc) is 2.42. The van der Waals surface area contributed by atoms with Gasteiger partial charge in [-0.05, 0) is 48.2 Å². The molecule has 0 amide bonds. The summed E-state index contributed by atoms with van der Waals surface area (Å²) in [7, 11) is 0. The van der Waals surface area contributed by atoms with Crippen LogP contribution in [-0.4, -0.2) is 6.04 Å². The Labute approximate surface area is 128 Å². The zero-order chi connectivity index (χ0) is 15.2. The summed E-state index contributed by atoms with van der Waals surface area (Å²) in [5, 5.41) is 3.44. The first-order chi connectivity index (χ1) is 10.0. The Kier molecular flexibility index (Phi) is 5.40. The second-order valence-electron chi connectivity index (χ2n) is 5.97. The highest BCUT2D eigenvalue weighted by atomic mass is 16.5. The van der Waals surface area contributed by atoms with E-state index in [0.29, 0.717) is 12.6 Å². The lowest BCUT2D eigenvalue weighted by molar-refractivity contribution is 0.305. The number of hydrogen-bond acceptors (Lipinski definition) is 2. The molecule has 21 heavy (non-hydrogen) atoms. The van der Waals surface area contributed by atoms with E-state index in [2.05, 4.69) is 75.5 Å². The molecule has 0 radical (unpaired) electrons. The Balaban J connectivity index is 1.98. The van der Waals surface area contributed by atoms with E-state index in [1.165, 1.54) is 22.3 Å². The first kappa shape index (κ1) is 15.6. The molecule has 0 heterocycles. The minimum Gasteiger partial charge on any atom is -0.489 e. The summed E-state index contributed by atoms with van der Waals surface area (Å²) in [6.07, 6.45) is 0. The molecule has 1 N–H and O–H groups in total. The summed E-state index contributed by atoms with van der Waals surface area (Å²) in [6, 6.07) is 15.4. The van der Waals surface area contributed by atoms with Crippen LogP contribution in [0.1, 0.15) is 36.1 Å². The maximum Gasteiger partial charge on any atom is 0.120 e. The van der Waals surface area contributed by atoms with Crippen LogP contribution >= 0.6 is 0 Å². The molecule has 0 aromatic heterocycles. The molecule has 112 valence electrons. The molecule has 0 unspecified atom stereocenters. The highest BCUT2D eigenvalue weighted by Crippen LogP contribution is 2.18. The van der Waals surface area contributed by atoms with Crippen molar-refractivity contribution in [2.45, 2.75) is 46.9 Å². The van der Waals surface area contributed by atoms with E-state index in [0.717, 1.165) is 12.3 Å². The van der Waals surface area contributed by atoms with Crippen LogP contribution < -0.4 is 10.1 Å². The third-order valence-electron chi connectivity index (χ3n) is 3.31. The van der Waals surface area contributed by atoms with Crippen LogP contribution in [0.2, 0.25) is 0 Å². The molecule has 2 aromatic rings. The van der Waals surface area contributed by atoms with Crippen molar-refractivity contribution in [3.05, 3.63) is 64.7 Å². The summed E-state index contributed by atoms with van der Waals surface area (Å²) in [4.78, 5) is 0. The third-order valence-corrected chi connectivity index (χ3v) is 3.31. The molecule has 0 bridgehead atoms. The molecule has 0 saturated heterocycles. The molecule has 0 saturated carbocycles. The average molecular weight is 283 g/mol. The maximum absolute atomic E-state index is 5.91. The van der Waals surface area contributed by atoms with Gasteiger partial charge in [0.15, 0.2) is 0 Å². The summed E-state index contributed by atoms with van der Waals surface area (Å²) >= 11 is 0. The molecule has 0 spiro atoms. The summed E-state index contributed by atoms with van der Waals surface area (Å²) < 4.78 is 5.91. The molecule has 0 fully saturated rings. The zero-order valence-electron chi connectivity index (χ0n) is 13.4. The third kappa shape index (κ3) is 5.24. The Morgan fingerprint density at radius 1 is 0.952 bits per heavy atom. The Bertz CT molecular complexity index is 570. The van der Waals surface area contributed by atoms with Crippen molar-refractivity contribution >= 4 is 0 Å². The topological polar surface area (TPSA) is 21.3 Å². The van der Waals surface area contributed by atoms with Crippen LogP contribution in [0.25, 0.3) is 0 Å². The van der Waals surface area contributed by atoms with Crippen LogP contribution in [0, 0.1) is 13.8 Å². The smallest absolute Gasteiger partial charge is 0.120 e. The van der Waals surface area contributed by atoms with Gasteiger partial charge in [0.05, 0.1) is 0 Å². The fourth-order valence-corrected chi connectivity index (χ4v) is 2.33. The fourth-order valence-electron chi connectivity index (χ4n) is 2.33. The second-order valence-corrected chi connectivity index (χ2v) is 5.97. The lowest BCUT2D eigenvalue weighted by Crippen LogP contribution is -2.21. The highest BCUT2D eigenvalue weighted by molar-refractivity contribution is 5.33. The first-order valence-electron chi connectivity index (χ1n) is 7.55. The van der Waals surface area contributed by atoms with Gasteiger partial charge in [-0.15, -0.1) is 0 Å². The fraction of sp³-hybridized carbons (Fsp3) is 0.368. The van der Waals surface area contributed by atoms with Crippen molar-refractivity contribution in [3.63, 3.8) is 0 Å². The molecule has 2 aromatic carbocycles. The van der Waals surface area contributed by atoms with E-state index < -0.39 is 0 Å². The Morgan fingerprint density at radius 2 is 1.62 bits per heavy atom. The summed E-state index contributed by atoms with van der Waals surface area (Å²) in [5.41, 5.74) is 4.97. The van der Waals surface area contributed by atoms with Gasteiger partial charge in [0.1, 0.15) is 12.4 Å². The Hall–Kier alpha value is -1.80. The van der Waals surface area contributed by atoms with Gasteiger partial charge >= 0.3 is 0 Å². The molecular formula is C19H25NO. The van der Waals surface area contributed by atoms with Crippen LogP contribution in [0.15, 0.2) is 42.5 Å². The van der Waals surface area contributed by atoms with Crippen LogP contribution in [0.5, 0.6) is 5.75 Å². The van der Waals surface area contributed by atoms with Crippen LogP contribution in [0.4, 0.5) is 0 Å². The molecule has 2 heteroatoms. The SMILES string of the molecule is Cc1cc(C)cc(OCc2cccc(CNC(C)C)c2)c1. The minimum absolute atomic E-state index is 0.500. The second kappa shape index (κ2) is 7.28. The van der Waals surface area contributed by atoms with Gasteiger partial charge in [-0.1, -0.05) is 44.2 Å². The van der Waals surface area contributed by atoms with Gasteiger partial charge in [-0.25, -0.2) is 0 Å². The quantitative estimate of drug-likeness (QED) is 0.849.